The third-order valence-corrected chi connectivity index (χ3v) is 5.90. The minimum atomic E-state index is -3.54. The number of hydrogen-bond donors (Lipinski definition) is 1. The Morgan fingerprint density at radius 1 is 1.00 bits per heavy atom. The van der Waals surface area contributed by atoms with Crippen LogP contribution < -0.4 is 5.32 Å². The van der Waals surface area contributed by atoms with Gasteiger partial charge in [-0.1, -0.05) is 48.5 Å². The number of carbonyl (C=O) groups excluding carboxylic acids is 1. The molecule has 0 fully saturated rings. The molecule has 0 aromatic heterocycles. The van der Waals surface area contributed by atoms with Crippen molar-refractivity contribution in [3.63, 3.8) is 0 Å². The highest BCUT2D eigenvalue weighted by Gasteiger charge is 2.31. The van der Waals surface area contributed by atoms with Gasteiger partial charge in [0, 0.05) is 7.05 Å². The zero-order valence-corrected chi connectivity index (χ0v) is 16.7. The fraction of sp³-hybridized carbons (Fsp3) is 0.350. The lowest BCUT2D eigenvalue weighted by atomic mass is 10.0. The number of hydrogen-bond acceptors (Lipinski definition) is 3. The van der Waals surface area contributed by atoms with Crippen LogP contribution in [0.1, 0.15) is 41.3 Å². The minimum absolute atomic E-state index is 0.235. The van der Waals surface area contributed by atoms with Gasteiger partial charge in [0.25, 0.3) is 0 Å². The Morgan fingerprint density at radius 3 is 2.15 bits per heavy atom. The quantitative estimate of drug-likeness (QED) is 0.845. The van der Waals surface area contributed by atoms with Gasteiger partial charge in [-0.05, 0) is 43.0 Å². The van der Waals surface area contributed by atoms with Crippen LogP contribution in [0.3, 0.4) is 0 Å². The van der Waals surface area contributed by atoms with E-state index in [-0.39, 0.29) is 11.9 Å². The summed E-state index contributed by atoms with van der Waals surface area (Å²) >= 11 is 0. The third-order valence-electron chi connectivity index (χ3n) is 4.64. The summed E-state index contributed by atoms with van der Waals surface area (Å²) in [5.41, 5.74) is 3.95. The Labute approximate surface area is 156 Å². The molecular formula is C20H26N2O3S. The van der Waals surface area contributed by atoms with Crippen LogP contribution in [-0.4, -0.2) is 31.9 Å². The van der Waals surface area contributed by atoms with Crippen LogP contribution >= 0.6 is 0 Å². The molecule has 0 aliphatic rings. The number of rotatable bonds is 6. The average Bonchev–Trinajstić information content (AvgIpc) is 2.57. The zero-order chi connectivity index (χ0) is 19.5. The standard InChI is InChI=1S/C20H26N2O3S/c1-14-11-12-18(13-15(14)2)16(3)21-20(23)19(22(4)26(5,24)25)17-9-7-6-8-10-17/h6-13,16,19H,1-5H3,(H,21,23)/t16-,19-/m1/s1. The van der Waals surface area contributed by atoms with Crippen LogP contribution in [0.5, 0.6) is 0 Å². The second-order valence-corrected chi connectivity index (χ2v) is 8.71. The molecule has 0 unspecified atom stereocenters. The van der Waals surface area contributed by atoms with Crippen molar-refractivity contribution in [2.24, 2.45) is 0 Å². The maximum Gasteiger partial charge on any atom is 0.243 e. The number of amides is 1. The SMILES string of the molecule is Cc1ccc([C@@H](C)NC(=O)[C@@H](c2ccccc2)N(C)S(C)(=O)=O)cc1C. The largest absolute Gasteiger partial charge is 0.348 e. The molecule has 26 heavy (non-hydrogen) atoms. The number of sulfonamides is 1. The summed E-state index contributed by atoms with van der Waals surface area (Å²) in [6.07, 6.45) is 1.10. The number of likely N-dealkylation sites (N-methyl/N-ethyl adjacent to an activating group) is 1. The molecule has 0 spiro atoms. The van der Waals surface area contributed by atoms with Gasteiger partial charge in [0.15, 0.2) is 0 Å². The number of benzene rings is 2. The van der Waals surface area contributed by atoms with Crippen LogP contribution in [0.4, 0.5) is 0 Å². The number of carbonyl (C=O) groups is 1. The van der Waals surface area contributed by atoms with E-state index in [9.17, 15) is 13.2 Å². The lowest BCUT2D eigenvalue weighted by molar-refractivity contribution is -0.125. The second kappa shape index (κ2) is 8.01. The Balaban J connectivity index is 2.30. The van der Waals surface area contributed by atoms with Crippen LogP contribution in [0.15, 0.2) is 48.5 Å². The van der Waals surface area contributed by atoms with E-state index >= 15 is 0 Å². The molecule has 5 nitrogen and oxygen atoms in total. The van der Waals surface area contributed by atoms with Crippen LogP contribution in [0.25, 0.3) is 0 Å². The van der Waals surface area contributed by atoms with Gasteiger partial charge < -0.3 is 5.32 Å². The van der Waals surface area contributed by atoms with Crippen molar-refractivity contribution in [3.05, 3.63) is 70.8 Å². The van der Waals surface area contributed by atoms with E-state index < -0.39 is 16.1 Å². The van der Waals surface area contributed by atoms with Gasteiger partial charge in [-0.15, -0.1) is 0 Å². The molecule has 0 bridgehead atoms. The summed E-state index contributed by atoms with van der Waals surface area (Å²) in [6, 6.07) is 13.8. The predicted molar refractivity (Wildman–Crippen MR) is 104 cm³/mol. The van der Waals surface area contributed by atoms with Crippen LogP contribution in [0.2, 0.25) is 0 Å². The number of nitrogens with zero attached hydrogens (tertiary/aromatic N) is 1. The maximum absolute atomic E-state index is 13.0. The summed E-state index contributed by atoms with van der Waals surface area (Å²) < 4.78 is 25.2. The Hall–Kier alpha value is -2.18. The van der Waals surface area contributed by atoms with Crippen molar-refractivity contribution in [1.82, 2.24) is 9.62 Å². The highest BCUT2D eigenvalue weighted by Crippen LogP contribution is 2.24. The van der Waals surface area contributed by atoms with Crippen LogP contribution in [0, 0.1) is 13.8 Å². The Morgan fingerprint density at radius 2 is 1.62 bits per heavy atom. The fourth-order valence-corrected chi connectivity index (χ4v) is 3.36. The van der Waals surface area contributed by atoms with E-state index in [0.717, 1.165) is 21.7 Å². The molecule has 0 radical (unpaired) electrons. The highest BCUT2D eigenvalue weighted by atomic mass is 32.2. The normalized spacial score (nSPS) is 14.1. The molecule has 0 aliphatic heterocycles. The Kier molecular flexibility index (Phi) is 6.21. The van der Waals surface area contributed by atoms with E-state index in [1.54, 1.807) is 24.3 Å². The first kappa shape index (κ1) is 20.1. The van der Waals surface area contributed by atoms with Crippen molar-refractivity contribution in [2.75, 3.05) is 13.3 Å². The maximum atomic E-state index is 13.0. The van der Waals surface area contributed by atoms with Gasteiger partial charge in [-0.2, -0.15) is 4.31 Å². The molecule has 140 valence electrons. The van der Waals surface area contributed by atoms with Gasteiger partial charge >= 0.3 is 0 Å². The van der Waals surface area contributed by atoms with E-state index in [1.807, 2.05) is 45.0 Å². The molecule has 2 rings (SSSR count). The lowest BCUT2D eigenvalue weighted by Gasteiger charge is -2.27. The third kappa shape index (κ3) is 4.71. The molecule has 6 heteroatoms. The van der Waals surface area contributed by atoms with Crippen molar-refractivity contribution >= 4 is 15.9 Å². The van der Waals surface area contributed by atoms with Crippen molar-refractivity contribution < 1.29 is 13.2 Å². The second-order valence-electron chi connectivity index (χ2n) is 6.67. The minimum Gasteiger partial charge on any atom is -0.348 e. The molecular weight excluding hydrogens is 348 g/mol. The van der Waals surface area contributed by atoms with Crippen molar-refractivity contribution in [1.29, 1.82) is 0 Å². The van der Waals surface area contributed by atoms with Crippen molar-refractivity contribution in [2.45, 2.75) is 32.9 Å². The summed E-state index contributed by atoms with van der Waals surface area (Å²) in [4.78, 5) is 13.0. The van der Waals surface area contributed by atoms with Gasteiger partial charge in [-0.25, -0.2) is 8.42 Å². The summed E-state index contributed by atoms with van der Waals surface area (Å²) in [5.74, 6) is -0.352. The molecule has 2 aromatic carbocycles. The summed E-state index contributed by atoms with van der Waals surface area (Å²) in [5, 5.41) is 2.95. The molecule has 0 heterocycles. The van der Waals surface area contributed by atoms with Crippen LogP contribution in [-0.2, 0) is 14.8 Å². The number of aryl methyl sites for hydroxylation is 2. The van der Waals surface area contributed by atoms with Gasteiger partial charge in [0.05, 0.1) is 12.3 Å². The molecule has 2 aromatic rings. The van der Waals surface area contributed by atoms with E-state index in [4.69, 9.17) is 0 Å². The van der Waals surface area contributed by atoms with E-state index in [2.05, 4.69) is 5.32 Å². The molecule has 1 N–H and O–H groups in total. The highest BCUT2D eigenvalue weighted by molar-refractivity contribution is 7.88. The molecule has 2 atom stereocenters. The first-order valence-electron chi connectivity index (χ1n) is 8.46. The fourth-order valence-electron chi connectivity index (χ4n) is 2.76. The summed E-state index contributed by atoms with van der Waals surface area (Å²) in [7, 11) is -2.11. The van der Waals surface area contributed by atoms with Gasteiger partial charge in [0.2, 0.25) is 15.9 Å². The molecule has 0 saturated heterocycles. The molecule has 0 aliphatic carbocycles. The van der Waals surface area contributed by atoms with Gasteiger partial charge in [-0.3, -0.25) is 4.79 Å². The topological polar surface area (TPSA) is 66.5 Å². The van der Waals surface area contributed by atoms with E-state index in [0.29, 0.717) is 5.56 Å². The van der Waals surface area contributed by atoms with Crippen molar-refractivity contribution in [3.8, 4) is 0 Å². The lowest BCUT2D eigenvalue weighted by Crippen LogP contribution is -2.42. The summed E-state index contributed by atoms with van der Waals surface area (Å²) in [6.45, 7) is 5.96. The van der Waals surface area contributed by atoms with Gasteiger partial charge in [0.1, 0.15) is 6.04 Å². The smallest absolute Gasteiger partial charge is 0.243 e. The first-order chi connectivity index (χ1) is 12.1. The van der Waals surface area contributed by atoms with E-state index in [1.165, 1.54) is 12.6 Å². The zero-order valence-electron chi connectivity index (χ0n) is 15.9. The average molecular weight is 375 g/mol. The molecule has 0 saturated carbocycles. The predicted octanol–water partition coefficient (Wildman–Crippen LogP) is 3.11. The first-order valence-corrected chi connectivity index (χ1v) is 10.3. The molecule has 1 amide bonds. The monoisotopic (exact) mass is 374 g/mol. The number of nitrogens with one attached hydrogen (secondary N) is 1. The Bertz CT molecular complexity index is 879.